The molecule has 0 bridgehead atoms. The van der Waals surface area contributed by atoms with Crippen molar-refractivity contribution in [3.8, 4) is 23.0 Å². The highest BCUT2D eigenvalue weighted by Crippen LogP contribution is 2.41. The van der Waals surface area contributed by atoms with Crippen LogP contribution in [0.25, 0.3) is 0 Å². The van der Waals surface area contributed by atoms with Crippen LogP contribution in [0.15, 0.2) is 24.3 Å². The first-order valence-electron chi connectivity index (χ1n) is 14.1. The first kappa shape index (κ1) is 33.6. The third kappa shape index (κ3) is 9.54. The Morgan fingerprint density at radius 1 is 0.545 bits per heavy atom. The summed E-state index contributed by atoms with van der Waals surface area (Å²) < 4.78 is 23.0. The second kappa shape index (κ2) is 16.1. The number of ether oxygens (including phenoxy) is 4. The normalized spacial score (nSPS) is 11.8. The number of rotatable bonds is 20. The van der Waals surface area contributed by atoms with E-state index in [1.807, 2.05) is 0 Å². The van der Waals surface area contributed by atoms with Gasteiger partial charge in [0.15, 0.2) is 11.6 Å². The van der Waals surface area contributed by atoms with Gasteiger partial charge < -0.3 is 39.1 Å². The van der Waals surface area contributed by atoms with Crippen molar-refractivity contribution in [3.05, 3.63) is 46.5 Å². The monoisotopic (exact) mass is 614 g/mol. The highest BCUT2D eigenvalue weighted by atomic mass is 16.5. The number of fused-ring (bicyclic) bond motifs is 2. The molecule has 1 aliphatic carbocycles. The van der Waals surface area contributed by atoms with Crippen LogP contribution in [0.3, 0.4) is 0 Å². The molecule has 0 unspecified atom stereocenters. The summed E-state index contributed by atoms with van der Waals surface area (Å²) in [7, 11) is 0. The van der Waals surface area contributed by atoms with Gasteiger partial charge in [-0.25, -0.2) is 0 Å². The predicted molar refractivity (Wildman–Crippen MR) is 152 cm³/mol. The topological polar surface area (TPSA) is 200 Å². The molecule has 236 valence electrons. The number of carboxylic acid groups (broad SMARTS) is 3. The number of hydrogen-bond donors (Lipinski definition) is 3. The molecule has 2 aromatic carbocycles. The second-order valence-corrected chi connectivity index (χ2v) is 10.0. The SMILES string of the molecule is CC(=O)CCCOc1cc(OCCCC(=O)O)c2c(c1)C(=O)c1c(OCCCC(=O)O)cc(OCCCC(=O)O)cc1C2=O. The Morgan fingerprint density at radius 3 is 1.23 bits per heavy atom. The predicted octanol–water partition coefficient (Wildman–Crippen LogP) is 3.94. The van der Waals surface area contributed by atoms with E-state index in [2.05, 4.69) is 0 Å². The molecule has 0 saturated heterocycles. The smallest absolute Gasteiger partial charge is 0.303 e. The van der Waals surface area contributed by atoms with Crippen LogP contribution in [0.4, 0.5) is 0 Å². The zero-order chi connectivity index (χ0) is 32.2. The fraction of sp³-hybridized carbons (Fsp3) is 0.419. The highest BCUT2D eigenvalue weighted by Gasteiger charge is 2.36. The summed E-state index contributed by atoms with van der Waals surface area (Å²) in [5, 5.41) is 26.8. The van der Waals surface area contributed by atoms with Crippen LogP contribution in [0.2, 0.25) is 0 Å². The van der Waals surface area contributed by atoms with Gasteiger partial charge >= 0.3 is 17.9 Å². The van der Waals surface area contributed by atoms with E-state index in [4.69, 9.17) is 34.3 Å². The van der Waals surface area contributed by atoms with E-state index >= 15 is 0 Å². The molecule has 3 N–H and O–H groups in total. The number of benzene rings is 2. The van der Waals surface area contributed by atoms with Crippen LogP contribution >= 0.6 is 0 Å². The maximum atomic E-state index is 13.9. The number of ketones is 3. The molecule has 0 amide bonds. The molecule has 0 fully saturated rings. The maximum Gasteiger partial charge on any atom is 0.303 e. The van der Waals surface area contributed by atoms with Crippen molar-refractivity contribution in [2.45, 2.75) is 58.3 Å². The van der Waals surface area contributed by atoms with Gasteiger partial charge in [0.1, 0.15) is 28.8 Å². The largest absolute Gasteiger partial charge is 0.493 e. The number of aliphatic carboxylic acids is 3. The molecule has 13 nitrogen and oxygen atoms in total. The van der Waals surface area contributed by atoms with Crippen LogP contribution in [0, 0.1) is 0 Å². The first-order valence-corrected chi connectivity index (χ1v) is 14.1. The molecule has 3 rings (SSSR count). The molecule has 0 spiro atoms. The standard InChI is InChI=1S/C31H34O13/c1-18(32)6-2-10-41-19-14-21-28(23(16-19)43-12-4-8-26(35)36)31(40)22-15-20(42-11-3-7-25(33)34)17-24(29(22)30(21)39)44-13-5-9-27(37)38/h14-17H,2-13H2,1H3,(H,33,34)(H,35,36)(H,37,38). The lowest BCUT2D eigenvalue weighted by molar-refractivity contribution is -0.138. The van der Waals surface area contributed by atoms with Gasteiger partial charge in [-0.3, -0.25) is 24.0 Å². The van der Waals surface area contributed by atoms with Gasteiger partial charge in [-0.15, -0.1) is 0 Å². The number of carbonyl (C=O) groups excluding carboxylic acids is 3. The van der Waals surface area contributed by atoms with E-state index in [0.717, 1.165) is 0 Å². The van der Waals surface area contributed by atoms with Gasteiger partial charge in [0, 0.05) is 48.9 Å². The Kier molecular flexibility index (Phi) is 12.2. The minimum Gasteiger partial charge on any atom is -0.493 e. The maximum absolute atomic E-state index is 13.9. The molecule has 0 radical (unpaired) electrons. The van der Waals surface area contributed by atoms with Crippen molar-refractivity contribution in [1.29, 1.82) is 0 Å². The molecule has 0 aromatic heterocycles. The quantitative estimate of drug-likeness (QED) is 0.155. The zero-order valence-electron chi connectivity index (χ0n) is 24.2. The van der Waals surface area contributed by atoms with Crippen molar-refractivity contribution >= 4 is 35.3 Å². The van der Waals surface area contributed by atoms with Gasteiger partial charge in [-0.1, -0.05) is 0 Å². The Morgan fingerprint density at radius 2 is 0.886 bits per heavy atom. The fourth-order valence-electron chi connectivity index (χ4n) is 4.41. The average molecular weight is 615 g/mol. The summed E-state index contributed by atoms with van der Waals surface area (Å²) >= 11 is 0. The Bertz CT molecular complexity index is 1320. The van der Waals surface area contributed by atoms with E-state index in [1.165, 1.54) is 31.2 Å². The molecular formula is C31H34O13. The summed E-state index contributed by atoms with van der Waals surface area (Å²) in [6.45, 7) is 1.47. The zero-order valence-corrected chi connectivity index (χ0v) is 24.2. The van der Waals surface area contributed by atoms with Gasteiger partial charge in [0.2, 0.25) is 0 Å². The van der Waals surface area contributed by atoms with E-state index < -0.39 is 29.5 Å². The molecule has 0 saturated carbocycles. The molecular weight excluding hydrogens is 580 g/mol. The number of Topliss-reactive ketones (excluding diaryl/α,β-unsaturated/α-hetero) is 1. The number of carbonyl (C=O) groups is 6. The fourth-order valence-corrected chi connectivity index (χ4v) is 4.41. The molecule has 0 atom stereocenters. The van der Waals surface area contributed by atoms with Crippen molar-refractivity contribution in [2.24, 2.45) is 0 Å². The molecule has 44 heavy (non-hydrogen) atoms. The molecule has 2 aromatic rings. The third-order valence-electron chi connectivity index (χ3n) is 6.43. The van der Waals surface area contributed by atoms with E-state index in [0.29, 0.717) is 6.42 Å². The first-order chi connectivity index (χ1) is 21.0. The van der Waals surface area contributed by atoms with Crippen LogP contribution in [0.5, 0.6) is 23.0 Å². The van der Waals surface area contributed by atoms with E-state index in [9.17, 15) is 28.8 Å². The Labute approximate surface area is 252 Å². The lowest BCUT2D eigenvalue weighted by Crippen LogP contribution is -2.24. The van der Waals surface area contributed by atoms with Gasteiger partial charge in [-0.05, 0) is 44.7 Å². The van der Waals surface area contributed by atoms with E-state index in [1.54, 1.807) is 0 Å². The number of hydrogen-bond acceptors (Lipinski definition) is 10. The van der Waals surface area contributed by atoms with Crippen molar-refractivity contribution < 1.29 is 63.0 Å². The molecule has 1 aliphatic rings. The van der Waals surface area contributed by atoms with Crippen LogP contribution in [-0.2, 0) is 19.2 Å². The summed E-state index contributed by atoms with van der Waals surface area (Å²) in [6.07, 6.45) is 0.642. The average Bonchev–Trinajstić information content (AvgIpc) is 2.95. The molecule has 0 aliphatic heterocycles. The Balaban J connectivity index is 2.01. The lowest BCUT2D eigenvalue weighted by Gasteiger charge is -2.24. The second-order valence-electron chi connectivity index (χ2n) is 10.0. The number of carboxylic acids is 3. The van der Waals surface area contributed by atoms with Crippen molar-refractivity contribution in [2.75, 3.05) is 26.4 Å². The van der Waals surface area contributed by atoms with Crippen molar-refractivity contribution in [1.82, 2.24) is 0 Å². The third-order valence-corrected chi connectivity index (χ3v) is 6.43. The lowest BCUT2D eigenvalue weighted by atomic mass is 9.82. The van der Waals surface area contributed by atoms with Gasteiger partial charge in [0.05, 0.1) is 37.6 Å². The highest BCUT2D eigenvalue weighted by molar-refractivity contribution is 6.30. The minimum atomic E-state index is -1.03. The molecule has 0 heterocycles. The van der Waals surface area contributed by atoms with Crippen LogP contribution in [0.1, 0.15) is 90.1 Å². The van der Waals surface area contributed by atoms with E-state index in [-0.39, 0.29) is 122 Å². The van der Waals surface area contributed by atoms with Crippen LogP contribution < -0.4 is 18.9 Å². The summed E-state index contributed by atoms with van der Waals surface area (Å²) in [5.41, 5.74) is -0.225. The summed E-state index contributed by atoms with van der Waals surface area (Å²) in [6, 6.07) is 5.56. The van der Waals surface area contributed by atoms with Crippen LogP contribution in [-0.4, -0.2) is 77.0 Å². The van der Waals surface area contributed by atoms with Gasteiger partial charge in [0.25, 0.3) is 0 Å². The van der Waals surface area contributed by atoms with Gasteiger partial charge in [-0.2, -0.15) is 0 Å². The Hall–Kier alpha value is -4.94. The molecule has 13 heteroatoms. The minimum absolute atomic E-state index is 0.00449. The van der Waals surface area contributed by atoms with Crippen molar-refractivity contribution in [3.63, 3.8) is 0 Å². The summed E-state index contributed by atoms with van der Waals surface area (Å²) in [5.74, 6) is -3.92. The summed E-state index contributed by atoms with van der Waals surface area (Å²) in [4.78, 5) is 72.0.